The predicted molar refractivity (Wildman–Crippen MR) is 189 cm³/mol. The molecule has 0 heteroatoms. The topological polar surface area (TPSA) is 0 Å². The van der Waals surface area contributed by atoms with Gasteiger partial charge in [-0.3, -0.25) is 0 Å². The number of rotatable bonds is 16. The summed E-state index contributed by atoms with van der Waals surface area (Å²) in [5.74, 6) is 2.69. The molecular weight excluding hydrogens is 516 g/mol. The first kappa shape index (κ1) is 32.4. The second-order valence-electron chi connectivity index (χ2n) is 13.5. The highest BCUT2D eigenvalue weighted by molar-refractivity contribution is 5.68. The van der Waals surface area contributed by atoms with E-state index in [0.29, 0.717) is 5.41 Å². The summed E-state index contributed by atoms with van der Waals surface area (Å²) < 4.78 is 0. The van der Waals surface area contributed by atoms with E-state index in [1.54, 1.807) is 0 Å². The molecule has 0 unspecified atom stereocenters. The van der Waals surface area contributed by atoms with Crippen molar-refractivity contribution >= 4 is 0 Å². The van der Waals surface area contributed by atoms with E-state index in [0.717, 1.165) is 12.0 Å². The van der Waals surface area contributed by atoms with Crippen molar-refractivity contribution in [3.8, 4) is 34.6 Å². The third-order valence-corrected chi connectivity index (χ3v) is 8.99. The molecular formula is C43H52. The Morgan fingerprint density at radius 3 is 1.65 bits per heavy atom. The molecule has 0 bridgehead atoms. The summed E-state index contributed by atoms with van der Waals surface area (Å²) >= 11 is 0. The minimum absolute atomic E-state index is 0.343. The van der Waals surface area contributed by atoms with Crippen LogP contribution < -0.4 is 0 Å². The van der Waals surface area contributed by atoms with Gasteiger partial charge in [-0.15, -0.1) is 6.42 Å². The van der Waals surface area contributed by atoms with Crippen LogP contribution in [-0.2, 0) is 12.8 Å². The van der Waals surface area contributed by atoms with Gasteiger partial charge in [-0.25, -0.2) is 0 Å². The third kappa shape index (κ3) is 10.6. The fraction of sp³-hybridized carbons (Fsp3) is 0.395. The second-order valence-corrected chi connectivity index (χ2v) is 13.5. The smallest absolute Gasteiger partial charge is 0.0243 e. The SMILES string of the molecule is C#Cc1ccc(-c2ccc(CC(C)(C)CCCCCCCCCCCc3ccc(-c4ccc(C)cc4)c(C)c3)cc2)cc1. The average molecular weight is 569 g/mol. The summed E-state index contributed by atoms with van der Waals surface area (Å²) in [7, 11) is 0. The van der Waals surface area contributed by atoms with Crippen LogP contribution in [0.1, 0.15) is 106 Å². The van der Waals surface area contributed by atoms with Gasteiger partial charge in [0.05, 0.1) is 0 Å². The number of benzene rings is 4. The molecule has 0 radical (unpaired) electrons. The van der Waals surface area contributed by atoms with Gasteiger partial charge in [0.2, 0.25) is 0 Å². The van der Waals surface area contributed by atoms with Gasteiger partial charge in [-0.05, 0) is 96.0 Å². The van der Waals surface area contributed by atoms with Crippen LogP contribution in [-0.4, -0.2) is 0 Å². The van der Waals surface area contributed by atoms with Crippen molar-refractivity contribution in [2.75, 3.05) is 0 Å². The molecule has 0 heterocycles. The summed E-state index contributed by atoms with van der Waals surface area (Å²) in [6.07, 6.45) is 21.4. The van der Waals surface area contributed by atoms with Crippen LogP contribution in [0, 0.1) is 31.6 Å². The van der Waals surface area contributed by atoms with Gasteiger partial charge in [0.25, 0.3) is 0 Å². The Morgan fingerprint density at radius 1 is 0.558 bits per heavy atom. The maximum atomic E-state index is 5.49. The molecule has 0 N–H and O–H groups in total. The molecule has 43 heavy (non-hydrogen) atoms. The van der Waals surface area contributed by atoms with Crippen LogP contribution in [0.2, 0.25) is 0 Å². The molecule has 0 aliphatic rings. The molecule has 0 amide bonds. The lowest BCUT2D eigenvalue weighted by atomic mass is 9.81. The van der Waals surface area contributed by atoms with Crippen molar-refractivity contribution in [3.63, 3.8) is 0 Å². The number of aryl methyl sites for hydroxylation is 3. The van der Waals surface area contributed by atoms with Crippen LogP contribution in [0.5, 0.6) is 0 Å². The van der Waals surface area contributed by atoms with Gasteiger partial charge in [0.15, 0.2) is 0 Å². The summed E-state index contributed by atoms with van der Waals surface area (Å²) in [4.78, 5) is 0. The van der Waals surface area contributed by atoms with Crippen LogP contribution in [0.15, 0.2) is 91.0 Å². The minimum Gasteiger partial charge on any atom is -0.115 e. The highest BCUT2D eigenvalue weighted by atomic mass is 14.2. The normalized spacial score (nSPS) is 11.4. The van der Waals surface area contributed by atoms with Crippen molar-refractivity contribution in [2.45, 2.75) is 105 Å². The predicted octanol–water partition coefficient (Wildman–Crippen LogP) is 12.3. The van der Waals surface area contributed by atoms with Crippen molar-refractivity contribution in [1.82, 2.24) is 0 Å². The van der Waals surface area contributed by atoms with E-state index in [4.69, 9.17) is 6.42 Å². The average Bonchev–Trinajstić information content (AvgIpc) is 3.01. The standard InChI is InChI=1S/C43H52/c1-6-36-19-26-39(27-20-36)40-28-21-38(22-29-40)33-43(4,5)31-15-13-11-9-7-8-10-12-14-16-37-23-30-42(35(3)32-37)41-24-17-34(2)18-25-41/h1,17-30,32H,7-16,31,33H2,2-5H3. The van der Waals surface area contributed by atoms with E-state index in [2.05, 4.69) is 112 Å². The van der Waals surface area contributed by atoms with Crippen molar-refractivity contribution < 1.29 is 0 Å². The van der Waals surface area contributed by atoms with E-state index >= 15 is 0 Å². The van der Waals surface area contributed by atoms with Gasteiger partial charge in [0.1, 0.15) is 0 Å². The molecule has 0 spiro atoms. The molecule has 0 atom stereocenters. The highest BCUT2D eigenvalue weighted by Gasteiger charge is 2.18. The number of hydrogen-bond acceptors (Lipinski definition) is 0. The quantitative estimate of drug-likeness (QED) is 0.0931. The molecule has 0 aliphatic heterocycles. The van der Waals surface area contributed by atoms with Crippen LogP contribution in [0.4, 0.5) is 0 Å². The lowest BCUT2D eigenvalue weighted by molar-refractivity contribution is 0.316. The molecule has 4 aromatic carbocycles. The largest absolute Gasteiger partial charge is 0.115 e. The van der Waals surface area contributed by atoms with E-state index in [9.17, 15) is 0 Å². The van der Waals surface area contributed by atoms with Gasteiger partial charge in [-0.2, -0.15) is 0 Å². The summed E-state index contributed by atoms with van der Waals surface area (Å²) in [6, 6.07) is 33.3. The fourth-order valence-corrected chi connectivity index (χ4v) is 6.32. The highest BCUT2D eigenvalue weighted by Crippen LogP contribution is 2.30. The lowest BCUT2D eigenvalue weighted by Crippen LogP contribution is -2.14. The maximum Gasteiger partial charge on any atom is 0.0243 e. The van der Waals surface area contributed by atoms with Gasteiger partial charge in [0, 0.05) is 5.56 Å². The zero-order valence-corrected chi connectivity index (χ0v) is 27.2. The van der Waals surface area contributed by atoms with Gasteiger partial charge in [-0.1, -0.05) is 156 Å². The zero-order valence-electron chi connectivity index (χ0n) is 27.2. The molecule has 0 saturated heterocycles. The van der Waals surface area contributed by atoms with Crippen LogP contribution in [0.25, 0.3) is 22.3 Å². The van der Waals surface area contributed by atoms with E-state index < -0.39 is 0 Å². The Bertz CT molecular complexity index is 1430. The third-order valence-electron chi connectivity index (χ3n) is 8.99. The first-order valence-electron chi connectivity index (χ1n) is 16.7. The van der Waals surface area contributed by atoms with Crippen molar-refractivity contribution in [3.05, 3.63) is 119 Å². The number of hydrogen-bond donors (Lipinski definition) is 0. The molecule has 0 fully saturated rings. The Kier molecular flexibility index (Phi) is 12.3. The Labute approximate surface area is 263 Å². The fourth-order valence-electron chi connectivity index (χ4n) is 6.32. The Balaban J connectivity index is 1.03. The van der Waals surface area contributed by atoms with Gasteiger partial charge >= 0.3 is 0 Å². The number of unbranched alkanes of at least 4 members (excludes halogenated alkanes) is 8. The van der Waals surface area contributed by atoms with Crippen LogP contribution >= 0.6 is 0 Å². The molecule has 0 nitrogen and oxygen atoms in total. The maximum absolute atomic E-state index is 5.49. The number of terminal acetylenes is 1. The van der Waals surface area contributed by atoms with E-state index in [1.165, 1.54) is 115 Å². The molecule has 0 aliphatic carbocycles. The van der Waals surface area contributed by atoms with Crippen molar-refractivity contribution in [1.29, 1.82) is 0 Å². The molecule has 224 valence electrons. The molecule has 0 saturated carbocycles. The Morgan fingerprint density at radius 2 is 1.07 bits per heavy atom. The van der Waals surface area contributed by atoms with E-state index in [1.807, 2.05) is 12.1 Å². The second kappa shape index (κ2) is 16.3. The molecule has 4 aromatic rings. The molecule has 0 aromatic heterocycles. The lowest BCUT2D eigenvalue weighted by Gasteiger charge is -2.25. The molecule has 4 rings (SSSR count). The minimum atomic E-state index is 0.343. The first-order valence-corrected chi connectivity index (χ1v) is 16.7. The summed E-state index contributed by atoms with van der Waals surface area (Å²) in [6.45, 7) is 9.26. The monoisotopic (exact) mass is 568 g/mol. The Hall–Kier alpha value is -3.56. The first-order chi connectivity index (χ1) is 20.8. The van der Waals surface area contributed by atoms with Crippen LogP contribution in [0.3, 0.4) is 0 Å². The summed E-state index contributed by atoms with van der Waals surface area (Å²) in [5, 5.41) is 0. The zero-order chi connectivity index (χ0) is 30.5. The van der Waals surface area contributed by atoms with Gasteiger partial charge < -0.3 is 0 Å². The van der Waals surface area contributed by atoms with Crippen molar-refractivity contribution in [2.24, 2.45) is 5.41 Å². The van der Waals surface area contributed by atoms with E-state index in [-0.39, 0.29) is 0 Å². The summed E-state index contributed by atoms with van der Waals surface area (Å²) in [5.41, 5.74) is 12.1.